The second-order valence-corrected chi connectivity index (χ2v) is 5.26. The second-order valence-electron chi connectivity index (χ2n) is 3.35. The number of rotatable bonds is 3. The lowest BCUT2D eigenvalue weighted by atomic mass is 10.3. The summed E-state index contributed by atoms with van der Waals surface area (Å²) in [6.45, 7) is 0. The third-order valence-corrected chi connectivity index (χ3v) is 3.48. The Bertz CT molecular complexity index is 604. The Morgan fingerprint density at radius 2 is 1.75 bits per heavy atom. The normalized spacial score (nSPS) is 15.0. The SMILES string of the molecule is O=S(=O)(/C(=C\C=C\c1ccco1)C(F)(F)F)C(F)(F)F. The van der Waals surface area contributed by atoms with Crippen molar-refractivity contribution in [3.8, 4) is 0 Å². The molecule has 112 valence electrons. The lowest BCUT2D eigenvalue weighted by Crippen LogP contribution is -2.31. The van der Waals surface area contributed by atoms with Crippen LogP contribution in [0.1, 0.15) is 5.76 Å². The van der Waals surface area contributed by atoms with Crippen molar-refractivity contribution >= 4 is 15.9 Å². The van der Waals surface area contributed by atoms with Crippen LogP contribution in [0.15, 0.2) is 39.9 Å². The predicted octanol–water partition coefficient (Wildman–Crippen LogP) is 3.67. The molecule has 0 N–H and O–H groups in total. The van der Waals surface area contributed by atoms with Gasteiger partial charge in [0.15, 0.2) is 4.91 Å². The Kier molecular flexibility index (Phi) is 4.37. The molecular weight excluding hydrogens is 314 g/mol. The maximum Gasteiger partial charge on any atom is 0.501 e. The van der Waals surface area contributed by atoms with Crippen molar-refractivity contribution in [1.82, 2.24) is 0 Å². The summed E-state index contributed by atoms with van der Waals surface area (Å²) in [6, 6.07) is 2.70. The number of sulfone groups is 1. The van der Waals surface area contributed by atoms with Crippen LogP contribution in [0.4, 0.5) is 26.3 Å². The van der Waals surface area contributed by atoms with E-state index in [0.717, 1.165) is 6.08 Å². The van der Waals surface area contributed by atoms with Crippen molar-refractivity contribution in [2.24, 2.45) is 0 Å². The minimum atomic E-state index is -6.48. The molecule has 20 heavy (non-hydrogen) atoms. The molecule has 0 radical (unpaired) electrons. The number of hydrogen-bond acceptors (Lipinski definition) is 3. The summed E-state index contributed by atoms with van der Waals surface area (Å²) in [6.07, 6.45) is -3.27. The van der Waals surface area contributed by atoms with E-state index in [4.69, 9.17) is 0 Å². The number of hydrogen-bond donors (Lipinski definition) is 0. The zero-order valence-electron chi connectivity index (χ0n) is 9.36. The lowest BCUT2D eigenvalue weighted by Gasteiger charge is -2.13. The molecule has 0 saturated carbocycles. The Balaban J connectivity index is 3.22. The number of alkyl halides is 6. The number of allylic oxidation sites excluding steroid dienone is 3. The van der Waals surface area contributed by atoms with Crippen molar-refractivity contribution in [2.45, 2.75) is 11.7 Å². The van der Waals surface area contributed by atoms with E-state index >= 15 is 0 Å². The number of halogens is 6. The Morgan fingerprint density at radius 3 is 2.15 bits per heavy atom. The summed E-state index contributed by atoms with van der Waals surface area (Å²) < 4.78 is 100.0. The first-order valence-electron chi connectivity index (χ1n) is 4.76. The van der Waals surface area contributed by atoms with E-state index in [1.165, 1.54) is 18.4 Å². The van der Waals surface area contributed by atoms with Gasteiger partial charge in [0, 0.05) is 0 Å². The summed E-state index contributed by atoms with van der Waals surface area (Å²) in [7, 11) is -6.48. The molecule has 0 unspecified atom stereocenters. The van der Waals surface area contributed by atoms with Gasteiger partial charge in [0.2, 0.25) is 0 Å². The van der Waals surface area contributed by atoms with Gasteiger partial charge in [-0.3, -0.25) is 0 Å². The van der Waals surface area contributed by atoms with E-state index in [1.54, 1.807) is 0 Å². The van der Waals surface area contributed by atoms with Crippen LogP contribution in [0.5, 0.6) is 0 Å². The van der Waals surface area contributed by atoms with E-state index in [2.05, 4.69) is 4.42 Å². The fourth-order valence-electron chi connectivity index (χ4n) is 1.08. The quantitative estimate of drug-likeness (QED) is 0.630. The van der Waals surface area contributed by atoms with Gasteiger partial charge >= 0.3 is 11.7 Å². The third kappa shape index (κ3) is 3.65. The van der Waals surface area contributed by atoms with Crippen LogP contribution in [0, 0.1) is 0 Å². The van der Waals surface area contributed by atoms with Gasteiger partial charge in [0.25, 0.3) is 9.84 Å². The van der Waals surface area contributed by atoms with Gasteiger partial charge in [0.1, 0.15) is 5.76 Å². The molecule has 10 heteroatoms. The molecule has 1 rings (SSSR count). The van der Waals surface area contributed by atoms with Gasteiger partial charge in [0.05, 0.1) is 6.26 Å². The molecule has 0 atom stereocenters. The Morgan fingerprint density at radius 1 is 1.15 bits per heavy atom. The van der Waals surface area contributed by atoms with Crippen LogP contribution >= 0.6 is 0 Å². The van der Waals surface area contributed by atoms with E-state index in [0.29, 0.717) is 6.08 Å². The molecular formula is C10H6F6O3S. The molecule has 1 aromatic rings. The molecule has 0 saturated heterocycles. The van der Waals surface area contributed by atoms with E-state index in [-0.39, 0.29) is 11.8 Å². The maximum atomic E-state index is 12.4. The smallest absolute Gasteiger partial charge is 0.465 e. The Hall–Kier alpha value is -1.71. The van der Waals surface area contributed by atoms with Gasteiger partial charge in [-0.2, -0.15) is 26.3 Å². The molecule has 0 aliphatic rings. The van der Waals surface area contributed by atoms with Crippen molar-refractivity contribution < 1.29 is 39.2 Å². The van der Waals surface area contributed by atoms with Crippen LogP contribution in [0.25, 0.3) is 6.08 Å². The number of furan rings is 1. The van der Waals surface area contributed by atoms with Crippen LogP contribution in [0.3, 0.4) is 0 Å². The van der Waals surface area contributed by atoms with Crippen molar-refractivity contribution in [3.05, 3.63) is 41.2 Å². The minimum Gasteiger partial charge on any atom is -0.465 e. The standard InChI is InChI=1S/C10H6F6O3S/c11-9(12,13)8(20(17,18)10(14,15)16)5-1-3-7-4-2-6-19-7/h1-6H/b3-1+,8-5-. The van der Waals surface area contributed by atoms with Crippen LogP contribution < -0.4 is 0 Å². The molecule has 1 aromatic heterocycles. The first kappa shape index (κ1) is 16.3. The Labute approximate surface area is 109 Å². The monoisotopic (exact) mass is 320 g/mol. The first-order valence-corrected chi connectivity index (χ1v) is 6.25. The van der Waals surface area contributed by atoms with Gasteiger partial charge in [-0.1, -0.05) is 6.08 Å². The maximum absolute atomic E-state index is 12.4. The summed E-state index contributed by atoms with van der Waals surface area (Å²) in [5, 5.41) is 0. The molecule has 0 bridgehead atoms. The highest BCUT2D eigenvalue weighted by atomic mass is 32.2. The average molecular weight is 320 g/mol. The average Bonchev–Trinajstić information content (AvgIpc) is 2.73. The molecule has 1 heterocycles. The third-order valence-electron chi connectivity index (χ3n) is 1.92. The van der Waals surface area contributed by atoms with E-state index in [1.807, 2.05) is 0 Å². The fraction of sp³-hybridized carbons (Fsp3) is 0.200. The van der Waals surface area contributed by atoms with Gasteiger partial charge in [-0.25, -0.2) is 8.42 Å². The van der Waals surface area contributed by atoms with Gasteiger partial charge in [-0.05, 0) is 24.3 Å². The van der Waals surface area contributed by atoms with E-state index in [9.17, 15) is 34.8 Å². The van der Waals surface area contributed by atoms with Gasteiger partial charge < -0.3 is 4.42 Å². The van der Waals surface area contributed by atoms with Crippen LogP contribution in [-0.4, -0.2) is 20.1 Å². The highest BCUT2D eigenvalue weighted by Gasteiger charge is 2.56. The van der Waals surface area contributed by atoms with Crippen LogP contribution in [0.2, 0.25) is 0 Å². The molecule has 0 aromatic carbocycles. The molecule has 0 aliphatic carbocycles. The zero-order chi connectivity index (χ0) is 15.6. The van der Waals surface area contributed by atoms with Crippen molar-refractivity contribution in [1.29, 1.82) is 0 Å². The summed E-state index contributed by atoms with van der Waals surface area (Å²) in [5.74, 6) is 0.0483. The molecule has 3 nitrogen and oxygen atoms in total. The fourth-order valence-corrected chi connectivity index (χ4v) is 1.89. The highest BCUT2D eigenvalue weighted by Crippen LogP contribution is 2.38. The summed E-state index contributed by atoms with van der Waals surface area (Å²) >= 11 is 0. The van der Waals surface area contributed by atoms with Crippen molar-refractivity contribution in [3.63, 3.8) is 0 Å². The molecule has 0 spiro atoms. The topological polar surface area (TPSA) is 47.3 Å². The minimum absolute atomic E-state index is 0.0483. The second kappa shape index (κ2) is 5.35. The predicted molar refractivity (Wildman–Crippen MR) is 56.9 cm³/mol. The van der Waals surface area contributed by atoms with Gasteiger partial charge in [-0.15, -0.1) is 0 Å². The largest absolute Gasteiger partial charge is 0.501 e. The van der Waals surface area contributed by atoms with E-state index < -0.39 is 26.4 Å². The molecule has 0 fully saturated rings. The van der Waals surface area contributed by atoms with Crippen molar-refractivity contribution in [2.75, 3.05) is 0 Å². The summed E-state index contributed by atoms with van der Waals surface area (Å²) in [5.41, 5.74) is -6.03. The molecule has 0 amide bonds. The highest BCUT2D eigenvalue weighted by molar-refractivity contribution is 7.96. The zero-order valence-corrected chi connectivity index (χ0v) is 10.2. The lowest BCUT2D eigenvalue weighted by molar-refractivity contribution is -0.0893. The first-order chi connectivity index (χ1) is 8.96. The summed E-state index contributed by atoms with van der Waals surface area (Å²) in [4.78, 5) is -2.69. The van der Waals surface area contributed by atoms with Crippen LogP contribution in [-0.2, 0) is 9.84 Å². The molecule has 0 aliphatic heterocycles.